The Balaban J connectivity index is 1.57. The van der Waals surface area contributed by atoms with Gasteiger partial charge in [0.2, 0.25) is 5.95 Å². The number of rotatable bonds is 6. The van der Waals surface area contributed by atoms with E-state index < -0.39 is 11.6 Å². The van der Waals surface area contributed by atoms with E-state index in [1.807, 2.05) is 0 Å². The molecule has 128 valence electrons. The molecule has 7 nitrogen and oxygen atoms in total. The molecule has 2 aromatic rings. The summed E-state index contributed by atoms with van der Waals surface area (Å²) in [6.45, 7) is 4.74. The van der Waals surface area contributed by atoms with Gasteiger partial charge in [0, 0.05) is 26.2 Å². The second-order valence-corrected chi connectivity index (χ2v) is 5.27. The summed E-state index contributed by atoms with van der Waals surface area (Å²) in [5.74, 6) is -0.890. The molecule has 0 saturated carbocycles. The lowest BCUT2D eigenvalue weighted by Gasteiger charge is -2.26. The van der Waals surface area contributed by atoms with Crippen molar-refractivity contribution in [2.24, 2.45) is 0 Å². The molecule has 0 aliphatic carbocycles. The zero-order chi connectivity index (χ0) is 16.8. The number of para-hydroxylation sites is 1. The molecule has 1 aliphatic rings. The number of nitrogens with one attached hydrogen (secondary N) is 2. The van der Waals surface area contributed by atoms with Crippen molar-refractivity contribution < 1.29 is 13.5 Å². The van der Waals surface area contributed by atoms with Gasteiger partial charge in [0.1, 0.15) is 17.3 Å². The Hall–Kier alpha value is -2.39. The topological polar surface area (TPSA) is 75.2 Å². The van der Waals surface area contributed by atoms with Gasteiger partial charge in [0.15, 0.2) is 5.82 Å². The first-order chi connectivity index (χ1) is 11.7. The lowest BCUT2D eigenvalue weighted by Crippen LogP contribution is -2.39. The summed E-state index contributed by atoms with van der Waals surface area (Å²) in [6.07, 6.45) is 1.30. The maximum absolute atomic E-state index is 13.6. The summed E-state index contributed by atoms with van der Waals surface area (Å²) in [5.41, 5.74) is -0.266. The molecule has 1 saturated heterocycles. The zero-order valence-electron chi connectivity index (χ0n) is 13.0. The summed E-state index contributed by atoms with van der Waals surface area (Å²) in [6, 6.07) is 3.63. The SMILES string of the molecule is Fc1cccc(F)c1Nc1cnnc(NCCN2CCOCC2)n1. The minimum Gasteiger partial charge on any atom is -0.379 e. The van der Waals surface area contributed by atoms with Crippen molar-refractivity contribution in [3.8, 4) is 0 Å². The fourth-order valence-corrected chi connectivity index (χ4v) is 2.33. The Bertz CT molecular complexity index is 661. The number of benzene rings is 1. The van der Waals surface area contributed by atoms with Crippen LogP contribution in [0.1, 0.15) is 0 Å². The van der Waals surface area contributed by atoms with Gasteiger partial charge >= 0.3 is 0 Å². The summed E-state index contributed by atoms with van der Waals surface area (Å²) in [4.78, 5) is 6.43. The summed E-state index contributed by atoms with van der Waals surface area (Å²) in [5, 5.41) is 13.3. The first-order valence-corrected chi connectivity index (χ1v) is 7.67. The molecule has 0 atom stereocenters. The zero-order valence-corrected chi connectivity index (χ0v) is 13.0. The quantitative estimate of drug-likeness (QED) is 0.830. The largest absolute Gasteiger partial charge is 0.379 e. The number of nitrogens with zero attached hydrogens (tertiary/aromatic N) is 4. The normalized spacial score (nSPS) is 15.2. The number of ether oxygens (including phenoxy) is 1. The number of hydrogen-bond donors (Lipinski definition) is 2. The Morgan fingerprint density at radius 3 is 2.67 bits per heavy atom. The molecule has 0 unspecified atom stereocenters. The van der Waals surface area contributed by atoms with Crippen molar-refractivity contribution in [3.63, 3.8) is 0 Å². The van der Waals surface area contributed by atoms with E-state index in [4.69, 9.17) is 4.74 Å². The van der Waals surface area contributed by atoms with Crippen LogP contribution in [0.2, 0.25) is 0 Å². The van der Waals surface area contributed by atoms with Crippen LogP contribution in [-0.4, -0.2) is 59.5 Å². The van der Waals surface area contributed by atoms with E-state index in [1.165, 1.54) is 24.4 Å². The Kier molecular flexibility index (Phi) is 5.44. The average Bonchev–Trinajstić information content (AvgIpc) is 2.60. The maximum Gasteiger partial charge on any atom is 0.244 e. The van der Waals surface area contributed by atoms with Crippen molar-refractivity contribution in [3.05, 3.63) is 36.0 Å². The van der Waals surface area contributed by atoms with Gasteiger partial charge in [0.25, 0.3) is 0 Å². The highest BCUT2D eigenvalue weighted by molar-refractivity contribution is 5.57. The first-order valence-electron chi connectivity index (χ1n) is 7.67. The highest BCUT2D eigenvalue weighted by Crippen LogP contribution is 2.21. The molecular formula is C15H18F2N6O. The van der Waals surface area contributed by atoms with Crippen LogP contribution in [0.5, 0.6) is 0 Å². The fraction of sp³-hybridized carbons (Fsp3) is 0.400. The van der Waals surface area contributed by atoms with Gasteiger partial charge in [-0.25, -0.2) is 8.78 Å². The number of halogens is 2. The molecular weight excluding hydrogens is 318 g/mol. The molecule has 0 bridgehead atoms. The Labute approximate surface area is 138 Å². The number of anilines is 3. The van der Waals surface area contributed by atoms with Gasteiger partial charge in [-0.1, -0.05) is 6.07 Å². The van der Waals surface area contributed by atoms with Crippen LogP contribution in [0, 0.1) is 11.6 Å². The monoisotopic (exact) mass is 336 g/mol. The lowest BCUT2D eigenvalue weighted by atomic mass is 10.3. The highest BCUT2D eigenvalue weighted by atomic mass is 19.1. The van der Waals surface area contributed by atoms with E-state index >= 15 is 0 Å². The lowest BCUT2D eigenvalue weighted by molar-refractivity contribution is 0.0398. The molecule has 0 radical (unpaired) electrons. The van der Waals surface area contributed by atoms with Crippen molar-refractivity contribution in [1.29, 1.82) is 0 Å². The highest BCUT2D eigenvalue weighted by Gasteiger charge is 2.11. The van der Waals surface area contributed by atoms with Gasteiger partial charge in [-0.15, -0.1) is 5.10 Å². The second kappa shape index (κ2) is 7.93. The average molecular weight is 336 g/mol. The van der Waals surface area contributed by atoms with Crippen molar-refractivity contribution in [2.75, 3.05) is 50.0 Å². The molecule has 2 N–H and O–H groups in total. The third kappa shape index (κ3) is 4.33. The molecule has 0 spiro atoms. The minimum atomic E-state index is -0.699. The summed E-state index contributed by atoms with van der Waals surface area (Å²) in [7, 11) is 0. The molecule has 0 amide bonds. The van der Waals surface area contributed by atoms with E-state index in [-0.39, 0.29) is 11.5 Å². The number of aromatic nitrogens is 3. The third-order valence-corrected chi connectivity index (χ3v) is 3.59. The van der Waals surface area contributed by atoms with Crippen LogP contribution in [-0.2, 0) is 4.74 Å². The fourth-order valence-electron chi connectivity index (χ4n) is 2.33. The summed E-state index contributed by atoms with van der Waals surface area (Å²) < 4.78 is 32.6. The Morgan fingerprint density at radius 2 is 1.92 bits per heavy atom. The molecule has 1 aromatic heterocycles. The minimum absolute atomic E-state index is 0.211. The van der Waals surface area contributed by atoms with Crippen molar-refractivity contribution in [1.82, 2.24) is 20.1 Å². The van der Waals surface area contributed by atoms with Crippen LogP contribution in [0.15, 0.2) is 24.4 Å². The summed E-state index contributed by atoms with van der Waals surface area (Å²) >= 11 is 0. The molecule has 9 heteroatoms. The molecule has 1 aliphatic heterocycles. The van der Waals surface area contributed by atoms with E-state index in [2.05, 4.69) is 30.7 Å². The number of morpholine rings is 1. The molecule has 1 fully saturated rings. The van der Waals surface area contributed by atoms with E-state index in [1.54, 1.807) is 0 Å². The van der Waals surface area contributed by atoms with E-state index in [9.17, 15) is 8.78 Å². The predicted molar refractivity (Wildman–Crippen MR) is 85.2 cm³/mol. The van der Waals surface area contributed by atoms with Crippen LogP contribution in [0.25, 0.3) is 0 Å². The third-order valence-electron chi connectivity index (χ3n) is 3.59. The van der Waals surface area contributed by atoms with Crippen molar-refractivity contribution in [2.45, 2.75) is 0 Å². The number of hydrogen-bond acceptors (Lipinski definition) is 7. The molecule has 1 aromatic carbocycles. The molecule has 3 rings (SSSR count). The van der Waals surface area contributed by atoms with Gasteiger partial charge < -0.3 is 15.4 Å². The standard InChI is InChI=1S/C15H18F2N6O/c16-11-2-1-3-12(17)14(11)20-13-10-19-22-15(21-13)18-4-5-23-6-8-24-9-7-23/h1-3,10H,4-9H2,(H2,18,20,21,22). The van der Waals surface area contributed by atoms with Crippen LogP contribution in [0.3, 0.4) is 0 Å². The molecule has 2 heterocycles. The molecule has 24 heavy (non-hydrogen) atoms. The predicted octanol–water partition coefficient (Wildman–Crippen LogP) is 1.64. The van der Waals surface area contributed by atoms with Crippen LogP contribution >= 0.6 is 0 Å². The van der Waals surface area contributed by atoms with E-state index in [0.29, 0.717) is 12.5 Å². The Morgan fingerprint density at radius 1 is 1.17 bits per heavy atom. The van der Waals surface area contributed by atoms with E-state index in [0.717, 1.165) is 32.8 Å². The van der Waals surface area contributed by atoms with Gasteiger partial charge in [0.05, 0.1) is 19.4 Å². The first kappa shape index (κ1) is 16.5. The van der Waals surface area contributed by atoms with Crippen molar-refractivity contribution >= 4 is 17.5 Å². The smallest absolute Gasteiger partial charge is 0.244 e. The van der Waals surface area contributed by atoms with Gasteiger partial charge in [-0.2, -0.15) is 10.1 Å². The van der Waals surface area contributed by atoms with Gasteiger partial charge in [-0.05, 0) is 12.1 Å². The van der Waals surface area contributed by atoms with Crippen LogP contribution in [0.4, 0.5) is 26.2 Å². The second-order valence-electron chi connectivity index (χ2n) is 5.27. The van der Waals surface area contributed by atoms with Crippen LogP contribution < -0.4 is 10.6 Å². The van der Waals surface area contributed by atoms with Gasteiger partial charge in [-0.3, -0.25) is 4.90 Å². The maximum atomic E-state index is 13.6.